The van der Waals surface area contributed by atoms with Gasteiger partial charge in [0.1, 0.15) is 5.69 Å². The summed E-state index contributed by atoms with van der Waals surface area (Å²) in [6.07, 6.45) is 1.46. The van der Waals surface area contributed by atoms with Gasteiger partial charge in [-0.1, -0.05) is 18.2 Å². The molecule has 1 aliphatic heterocycles. The second-order valence-electron chi connectivity index (χ2n) is 6.54. The number of carbonyl (C=O) groups is 3. The summed E-state index contributed by atoms with van der Waals surface area (Å²) in [5.74, 6) is -0.122. The number of nitrogens with one attached hydrogen (secondary N) is 2. The molecule has 2 aromatic heterocycles. The van der Waals surface area contributed by atoms with E-state index < -0.39 is 6.03 Å². The lowest BCUT2D eigenvalue weighted by atomic mass is 10.2. The largest absolute Gasteiger partial charge is 0.459 e. The molecular weight excluding hydrogens is 406 g/mol. The number of nitrogens with zero attached hydrogens (tertiary/aromatic N) is 3. The molecule has 0 unspecified atom stereocenters. The molecule has 1 aromatic carbocycles. The number of hydrogen-bond acceptors (Lipinski definition) is 6. The fourth-order valence-electron chi connectivity index (χ4n) is 3.04. The van der Waals surface area contributed by atoms with Crippen LogP contribution in [0.1, 0.15) is 21.0 Å². The van der Waals surface area contributed by atoms with Crippen molar-refractivity contribution in [2.45, 2.75) is 0 Å². The van der Waals surface area contributed by atoms with Crippen molar-refractivity contribution in [2.24, 2.45) is 0 Å². The smallest absolute Gasteiger partial charge is 0.325 e. The average molecular weight is 425 g/mol. The predicted octanol–water partition coefficient (Wildman–Crippen LogP) is 2.98. The van der Waals surface area contributed by atoms with Crippen LogP contribution in [0.25, 0.3) is 0 Å². The van der Waals surface area contributed by atoms with E-state index in [0.29, 0.717) is 42.8 Å². The number of rotatable bonds is 4. The van der Waals surface area contributed by atoms with Gasteiger partial charge in [0.05, 0.1) is 6.26 Å². The Morgan fingerprint density at radius 1 is 0.900 bits per heavy atom. The third kappa shape index (κ3) is 4.49. The maximum absolute atomic E-state index is 12.7. The zero-order valence-electron chi connectivity index (χ0n) is 15.9. The molecule has 0 aliphatic carbocycles. The second kappa shape index (κ2) is 8.78. The Morgan fingerprint density at radius 3 is 2.27 bits per heavy atom. The molecule has 154 valence electrons. The van der Waals surface area contributed by atoms with Crippen LogP contribution < -0.4 is 10.6 Å². The van der Waals surface area contributed by atoms with Crippen molar-refractivity contribution in [3.8, 4) is 0 Å². The van der Waals surface area contributed by atoms with Gasteiger partial charge < -0.3 is 19.5 Å². The molecule has 4 amide bonds. The van der Waals surface area contributed by atoms with Crippen LogP contribution in [0, 0.1) is 0 Å². The number of para-hydroxylation sites is 1. The minimum atomic E-state index is -0.431. The highest BCUT2D eigenvalue weighted by molar-refractivity contribution is 7.14. The molecule has 1 saturated heterocycles. The first kappa shape index (κ1) is 19.6. The minimum absolute atomic E-state index is 0.184. The first-order valence-electron chi connectivity index (χ1n) is 9.31. The summed E-state index contributed by atoms with van der Waals surface area (Å²) in [6.45, 7) is 1.64. The number of urea groups is 1. The van der Waals surface area contributed by atoms with Gasteiger partial charge in [-0.05, 0) is 24.3 Å². The Balaban J connectivity index is 1.30. The molecule has 9 nitrogen and oxygen atoms in total. The Bertz CT molecular complexity index is 1030. The molecule has 0 radical (unpaired) electrons. The standard InChI is InChI=1S/C20H19N5O4S/c26-17(24-8-10-25(11-9-24)18(27)16-7-4-12-29-16)15-13-30-20(22-15)23-19(28)21-14-5-2-1-3-6-14/h1-7,12-13H,8-11H2,(H2,21,22,23,28). The van der Waals surface area contributed by atoms with Crippen molar-refractivity contribution >= 4 is 40.0 Å². The highest BCUT2D eigenvalue weighted by Gasteiger charge is 2.27. The monoisotopic (exact) mass is 425 g/mol. The van der Waals surface area contributed by atoms with Crippen LogP contribution >= 0.6 is 11.3 Å². The van der Waals surface area contributed by atoms with Gasteiger partial charge in [0, 0.05) is 37.2 Å². The maximum Gasteiger partial charge on any atom is 0.325 e. The number of thiazole rings is 1. The van der Waals surface area contributed by atoms with Crippen LogP contribution in [0.15, 0.2) is 58.5 Å². The molecule has 30 heavy (non-hydrogen) atoms. The van der Waals surface area contributed by atoms with Crippen LogP contribution in [0.2, 0.25) is 0 Å². The summed E-state index contributed by atoms with van der Waals surface area (Å²) in [5, 5.41) is 7.27. The molecule has 0 bridgehead atoms. The SMILES string of the molecule is O=C(Nc1ccccc1)Nc1nc(C(=O)N2CCN(C(=O)c3ccco3)CC2)cs1. The van der Waals surface area contributed by atoms with E-state index in [1.165, 1.54) is 17.6 Å². The molecule has 0 spiro atoms. The van der Waals surface area contributed by atoms with E-state index in [1.54, 1.807) is 39.4 Å². The number of carbonyl (C=O) groups excluding carboxylic acids is 3. The average Bonchev–Trinajstić information content (AvgIpc) is 3.46. The van der Waals surface area contributed by atoms with Gasteiger partial charge in [-0.3, -0.25) is 14.9 Å². The summed E-state index contributed by atoms with van der Waals surface area (Å²) in [4.78, 5) is 44.6. The van der Waals surface area contributed by atoms with Gasteiger partial charge in [-0.25, -0.2) is 9.78 Å². The Hall–Kier alpha value is -3.66. The van der Waals surface area contributed by atoms with Crippen LogP contribution in [0.4, 0.5) is 15.6 Å². The number of furan rings is 1. The topological polar surface area (TPSA) is 108 Å². The number of amides is 4. The number of piperazine rings is 1. The summed E-state index contributed by atoms with van der Waals surface area (Å²) in [6, 6.07) is 11.9. The van der Waals surface area contributed by atoms with Gasteiger partial charge in [0.2, 0.25) is 0 Å². The van der Waals surface area contributed by atoms with Crippen molar-refractivity contribution < 1.29 is 18.8 Å². The van der Waals surface area contributed by atoms with E-state index >= 15 is 0 Å². The molecule has 3 aromatic rings. The van der Waals surface area contributed by atoms with Crippen LogP contribution in [0.3, 0.4) is 0 Å². The summed E-state index contributed by atoms with van der Waals surface area (Å²) < 4.78 is 5.14. The molecule has 4 rings (SSSR count). The zero-order chi connectivity index (χ0) is 20.9. The van der Waals surface area contributed by atoms with Crippen molar-refractivity contribution in [1.82, 2.24) is 14.8 Å². The Labute approximate surface area is 176 Å². The van der Waals surface area contributed by atoms with Crippen molar-refractivity contribution in [3.05, 3.63) is 65.6 Å². The third-order valence-corrected chi connectivity index (χ3v) is 5.32. The zero-order valence-corrected chi connectivity index (χ0v) is 16.7. The van der Waals surface area contributed by atoms with Crippen molar-refractivity contribution in [1.29, 1.82) is 0 Å². The lowest BCUT2D eigenvalue weighted by Gasteiger charge is -2.33. The third-order valence-electron chi connectivity index (χ3n) is 4.56. The molecule has 3 heterocycles. The highest BCUT2D eigenvalue weighted by atomic mass is 32.1. The lowest BCUT2D eigenvalue weighted by molar-refractivity contribution is 0.0515. The van der Waals surface area contributed by atoms with E-state index in [9.17, 15) is 14.4 Å². The van der Waals surface area contributed by atoms with Crippen LogP contribution in [-0.4, -0.2) is 58.8 Å². The highest BCUT2D eigenvalue weighted by Crippen LogP contribution is 2.19. The first-order chi connectivity index (χ1) is 14.6. The van der Waals surface area contributed by atoms with E-state index in [1.807, 2.05) is 18.2 Å². The van der Waals surface area contributed by atoms with Crippen molar-refractivity contribution in [2.75, 3.05) is 36.8 Å². The van der Waals surface area contributed by atoms with Gasteiger partial charge in [-0.2, -0.15) is 0 Å². The summed E-state index contributed by atoms with van der Waals surface area (Å²) >= 11 is 1.18. The lowest BCUT2D eigenvalue weighted by Crippen LogP contribution is -2.50. The Kier molecular flexibility index (Phi) is 5.75. The molecule has 0 saturated carbocycles. The van der Waals surface area contributed by atoms with Gasteiger partial charge in [0.15, 0.2) is 10.9 Å². The second-order valence-corrected chi connectivity index (χ2v) is 7.40. The summed E-state index contributed by atoms with van der Waals surface area (Å²) in [5.41, 5.74) is 0.922. The first-order valence-corrected chi connectivity index (χ1v) is 10.2. The molecule has 1 fully saturated rings. The number of hydrogen-bond donors (Lipinski definition) is 2. The normalized spacial score (nSPS) is 13.7. The van der Waals surface area contributed by atoms with E-state index in [2.05, 4.69) is 15.6 Å². The maximum atomic E-state index is 12.7. The van der Waals surface area contributed by atoms with Gasteiger partial charge >= 0.3 is 6.03 Å². The molecule has 2 N–H and O–H groups in total. The van der Waals surface area contributed by atoms with Crippen molar-refractivity contribution in [3.63, 3.8) is 0 Å². The number of benzene rings is 1. The quantitative estimate of drug-likeness (QED) is 0.668. The van der Waals surface area contributed by atoms with E-state index in [0.717, 1.165) is 0 Å². The molecule has 0 atom stereocenters. The number of anilines is 2. The van der Waals surface area contributed by atoms with Crippen LogP contribution in [-0.2, 0) is 0 Å². The van der Waals surface area contributed by atoms with Gasteiger partial charge in [0.25, 0.3) is 11.8 Å². The van der Waals surface area contributed by atoms with Crippen LogP contribution in [0.5, 0.6) is 0 Å². The molecular formula is C20H19N5O4S. The molecule has 10 heteroatoms. The molecule has 1 aliphatic rings. The predicted molar refractivity (Wildman–Crippen MR) is 112 cm³/mol. The minimum Gasteiger partial charge on any atom is -0.459 e. The summed E-state index contributed by atoms with van der Waals surface area (Å²) in [7, 11) is 0. The fraction of sp³-hybridized carbons (Fsp3) is 0.200. The Morgan fingerprint density at radius 2 is 1.60 bits per heavy atom. The fourth-order valence-corrected chi connectivity index (χ4v) is 3.72. The number of aromatic nitrogens is 1. The van der Waals surface area contributed by atoms with E-state index in [4.69, 9.17) is 4.42 Å². The van der Waals surface area contributed by atoms with E-state index in [-0.39, 0.29) is 17.5 Å². The van der Waals surface area contributed by atoms with Gasteiger partial charge in [-0.15, -0.1) is 11.3 Å².